The smallest absolute Gasteiger partial charge is 0.386 e. The van der Waals surface area contributed by atoms with Crippen LogP contribution < -0.4 is 17.0 Å². The van der Waals surface area contributed by atoms with Gasteiger partial charge in [-0.3, -0.25) is 32.5 Å². The standard InChI is InChI=1S/C20H23FN10O10P2S/c21-8-12-6(38-18(8)30-4-26-9-14(22)24-3-25-15(9)30)1-36-42(34)40-13-7(2-37-43(35,44)41-12)39-19(11(13)32)31-5-27-10-16(31)28-20(23)29-17(10)33/h3-8,11-13,18-19,32,42H,1-2H2,(H,35,44)(H2,22,24,25)(H3,23,28,29,33)/t6?,7-,8-,11-,12-,13-,18-,19-,43-/m1/s1. The first kappa shape index (κ1) is 29.7. The second-order valence-corrected chi connectivity index (χ2v) is 13.8. The summed E-state index contributed by atoms with van der Waals surface area (Å²) in [6, 6.07) is 0. The third-order valence-corrected chi connectivity index (χ3v) is 9.70. The van der Waals surface area contributed by atoms with Crippen LogP contribution in [-0.2, 0) is 36.7 Å². The molecule has 3 aliphatic heterocycles. The van der Waals surface area contributed by atoms with E-state index in [9.17, 15) is 19.0 Å². The van der Waals surface area contributed by atoms with Crippen LogP contribution in [0.3, 0.4) is 0 Å². The molecule has 0 aliphatic carbocycles. The van der Waals surface area contributed by atoms with Gasteiger partial charge >= 0.3 is 15.1 Å². The van der Waals surface area contributed by atoms with Crippen molar-refractivity contribution in [2.24, 2.45) is 0 Å². The lowest BCUT2D eigenvalue weighted by Crippen LogP contribution is -2.37. The lowest BCUT2D eigenvalue weighted by molar-refractivity contribution is -0.0551. The van der Waals surface area contributed by atoms with Crippen molar-refractivity contribution >= 4 is 61.4 Å². The molecule has 4 aromatic heterocycles. The molecule has 4 aromatic rings. The molecule has 0 aromatic carbocycles. The number of nitrogens with one attached hydrogen (secondary N) is 1. The Balaban J connectivity index is 1.15. The zero-order chi connectivity index (χ0) is 30.9. The van der Waals surface area contributed by atoms with Crippen LogP contribution in [-0.4, -0.2) is 94.0 Å². The number of aromatic nitrogens is 8. The van der Waals surface area contributed by atoms with Gasteiger partial charge in [-0.1, -0.05) is 12.2 Å². The van der Waals surface area contributed by atoms with Gasteiger partial charge in [0.2, 0.25) is 5.95 Å². The molecule has 0 amide bonds. The molecule has 7 heterocycles. The molecular formula is C20H23FN10O10P2S. The summed E-state index contributed by atoms with van der Waals surface area (Å²) < 4.78 is 78.2. The van der Waals surface area contributed by atoms with E-state index in [1.165, 1.54) is 28.1 Å². The summed E-state index contributed by atoms with van der Waals surface area (Å²) in [5.74, 6) is -0.154. The molecule has 2 unspecified atom stereocenters. The fraction of sp³-hybridized carbons (Fsp3) is 0.500. The van der Waals surface area contributed by atoms with E-state index in [1.807, 2.05) is 0 Å². The van der Waals surface area contributed by atoms with E-state index < -0.39 is 83.0 Å². The number of alkyl halides is 1. The van der Waals surface area contributed by atoms with Crippen LogP contribution in [0.4, 0.5) is 16.2 Å². The highest BCUT2D eigenvalue weighted by atomic mass is 32.7. The van der Waals surface area contributed by atoms with E-state index in [2.05, 4.69) is 42.2 Å². The van der Waals surface area contributed by atoms with E-state index >= 15 is 4.39 Å². The van der Waals surface area contributed by atoms with Crippen LogP contribution in [0.25, 0.3) is 22.3 Å². The third kappa shape index (κ3) is 5.10. The van der Waals surface area contributed by atoms with Gasteiger partial charge < -0.3 is 35.1 Å². The van der Waals surface area contributed by atoms with Gasteiger partial charge in [-0.25, -0.2) is 28.9 Å². The zero-order valence-corrected chi connectivity index (χ0v) is 24.7. The number of H-pyrrole nitrogens is 1. The first-order valence-electron chi connectivity index (χ1n) is 12.8. The maximum Gasteiger partial charge on any atom is 0.386 e. The molecule has 0 radical (unpaired) electrons. The minimum absolute atomic E-state index is 0.0195. The fourth-order valence-corrected chi connectivity index (χ4v) is 7.60. The highest BCUT2D eigenvalue weighted by Gasteiger charge is 2.52. The fourth-order valence-electron chi connectivity index (χ4n) is 5.24. The lowest BCUT2D eigenvalue weighted by atomic mass is 10.1. The molecule has 7 rings (SSSR count). The second kappa shape index (κ2) is 11.1. The molecule has 44 heavy (non-hydrogen) atoms. The summed E-state index contributed by atoms with van der Waals surface area (Å²) in [5.41, 5.74) is 11.1. The van der Waals surface area contributed by atoms with Crippen molar-refractivity contribution in [2.75, 3.05) is 24.7 Å². The first-order chi connectivity index (χ1) is 21.0. The van der Waals surface area contributed by atoms with E-state index in [-0.39, 0.29) is 34.1 Å². The summed E-state index contributed by atoms with van der Waals surface area (Å²) in [4.78, 5) is 34.6. The minimum atomic E-state index is -4.35. The normalized spacial score (nSPS) is 36.6. The van der Waals surface area contributed by atoms with Crippen molar-refractivity contribution < 1.29 is 46.2 Å². The quantitative estimate of drug-likeness (QED) is 0.137. The van der Waals surface area contributed by atoms with Gasteiger partial charge in [-0.05, 0) is 0 Å². The van der Waals surface area contributed by atoms with Gasteiger partial charge in [0, 0.05) is 0 Å². The van der Waals surface area contributed by atoms with Gasteiger partial charge in [-0.2, -0.15) is 4.98 Å². The molecule has 236 valence electrons. The molecule has 3 fully saturated rings. The number of aliphatic hydroxyl groups is 1. The second-order valence-electron chi connectivity index (χ2n) is 9.90. The number of anilines is 2. The first-order valence-corrected chi connectivity index (χ1v) is 16.7. The monoisotopic (exact) mass is 676 g/mol. The SMILES string of the molecule is Nc1nc2c(ncn2[C@@H]2O[C@@H]3CO[P@@](=O)(S)O[C@@H]4C(CO[PH](=O)O[C@H]3[C@H]2O)O[C@@H](n2cnc3c(N)ncnc32)[C@@H]4F)c(=O)[nH]1. The Kier molecular flexibility index (Phi) is 7.47. The predicted octanol–water partition coefficient (Wildman–Crippen LogP) is -0.138. The molecule has 3 saturated heterocycles. The number of halogens is 1. The van der Waals surface area contributed by atoms with Crippen LogP contribution in [0.15, 0.2) is 23.8 Å². The van der Waals surface area contributed by atoms with E-state index in [0.717, 1.165) is 0 Å². The summed E-state index contributed by atoms with van der Waals surface area (Å²) in [5, 5.41) is 11.1. The number of hydrogen-bond donors (Lipinski definition) is 5. The molecule has 6 N–H and O–H groups in total. The number of thiol groups is 1. The Hall–Kier alpha value is -3.04. The zero-order valence-electron chi connectivity index (χ0n) is 21.9. The highest BCUT2D eigenvalue weighted by molar-refractivity contribution is 8.44. The van der Waals surface area contributed by atoms with E-state index in [4.69, 9.17) is 39.0 Å². The maximum atomic E-state index is 15.9. The molecule has 0 spiro atoms. The van der Waals surface area contributed by atoms with Crippen LogP contribution in [0, 0.1) is 0 Å². The van der Waals surface area contributed by atoms with Gasteiger partial charge in [0.25, 0.3) is 5.56 Å². The average molecular weight is 676 g/mol. The number of imidazole rings is 2. The highest BCUT2D eigenvalue weighted by Crippen LogP contribution is 2.57. The number of hydrogen-bond acceptors (Lipinski definition) is 17. The minimum Gasteiger partial charge on any atom is -0.386 e. The largest absolute Gasteiger partial charge is 0.386 e. The number of nitrogens with two attached hydrogens (primary N) is 2. The Labute approximate surface area is 249 Å². The van der Waals surface area contributed by atoms with E-state index in [0.29, 0.717) is 0 Å². The number of aromatic amines is 1. The van der Waals surface area contributed by atoms with Crippen LogP contribution in [0.2, 0.25) is 0 Å². The lowest BCUT2D eigenvalue weighted by Gasteiger charge is -2.26. The third-order valence-electron chi connectivity index (χ3n) is 7.22. The Morgan fingerprint density at radius 2 is 1.75 bits per heavy atom. The molecule has 3 aliphatic rings. The number of nitrogens with zero attached hydrogens (tertiary/aromatic N) is 7. The summed E-state index contributed by atoms with van der Waals surface area (Å²) >= 11 is 4.00. The summed E-state index contributed by atoms with van der Waals surface area (Å²) in [6.45, 7) is -5.49. The van der Waals surface area contributed by atoms with Gasteiger partial charge in [0.1, 0.15) is 42.4 Å². The number of rotatable bonds is 2. The molecular weight excluding hydrogens is 653 g/mol. The summed E-state index contributed by atoms with van der Waals surface area (Å²) in [7, 11) is -3.41. The van der Waals surface area contributed by atoms with Crippen LogP contribution in [0.1, 0.15) is 12.5 Å². The van der Waals surface area contributed by atoms with Crippen molar-refractivity contribution in [3.05, 3.63) is 29.3 Å². The van der Waals surface area contributed by atoms with Crippen LogP contribution in [0.5, 0.6) is 0 Å². The number of aliphatic hydroxyl groups excluding tert-OH is 1. The maximum absolute atomic E-state index is 15.9. The van der Waals surface area contributed by atoms with Crippen molar-refractivity contribution in [3.63, 3.8) is 0 Å². The predicted molar refractivity (Wildman–Crippen MR) is 148 cm³/mol. The Bertz CT molecular complexity index is 1880. The van der Waals surface area contributed by atoms with Crippen molar-refractivity contribution in [1.29, 1.82) is 0 Å². The van der Waals surface area contributed by atoms with Crippen molar-refractivity contribution in [3.8, 4) is 0 Å². The molecule has 20 nitrogen and oxygen atoms in total. The number of nitrogen functional groups attached to an aromatic ring is 2. The van der Waals surface area contributed by atoms with Crippen molar-refractivity contribution in [1.82, 2.24) is 39.0 Å². The van der Waals surface area contributed by atoms with E-state index in [1.54, 1.807) is 0 Å². The van der Waals surface area contributed by atoms with Gasteiger partial charge in [0.05, 0.1) is 25.9 Å². The Morgan fingerprint density at radius 1 is 1.05 bits per heavy atom. The molecule has 10 atom stereocenters. The van der Waals surface area contributed by atoms with Gasteiger partial charge in [0.15, 0.2) is 41.3 Å². The molecule has 0 saturated carbocycles. The molecule has 24 heteroatoms. The topological polar surface area (TPSA) is 269 Å². The Morgan fingerprint density at radius 3 is 2.55 bits per heavy atom. The van der Waals surface area contributed by atoms with Gasteiger partial charge in [-0.15, -0.1) is 0 Å². The summed E-state index contributed by atoms with van der Waals surface area (Å²) in [6.07, 6.45) is -8.14. The molecule has 0 bridgehead atoms. The van der Waals surface area contributed by atoms with Crippen molar-refractivity contribution in [2.45, 2.75) is 49.1 Å². The average Bonchev–Trinajstić information content (AvgIpc) is 3.72. The number of fused-ring (bicyclic) bond motifs is 4. The van der Waals surface area contributed by atoms with Crippen LogP contribution >= 0.6 is 27.3 Å². The number of ether oxygens (including phenoxy) is 2.